The molecule has 1 rings (SSSR count). The summed E-state index contributed by atoms with van der Waals surface area (Å²) in [4.78, 5) is 25.5. The van der Waals surface area contributed by atoms with Gasteiger partial charge in [-0.05, 0) is 26.7 Å². The van der Waals surface area contributed by atoms with Crippen LogP contribution in [0.3, 0.4) is 0 Å². The lowest BCUT2D eigenvalue weighted by Gasteiger charge is -2.21. The van der Waals surface area contributed by atoms with Crippen molar-refractivity contribution >= 4 is 11.8 Å². The fourth-order valence-electron chi connectivity index (χ4n) is 2.55. The average Bonchev–Trinajstić information content (AvgIpc) is 2.90. The standard InChI is InChI=1S/C14H23N3O2/c1-3-17(4-2)12(18)7-10-16-13(19)14(11-15)8-5-6-9-14/h3-10H2,1-2H3,(H,16,19). The second kappa shape index (κ2) is 7.13. The minimum Gasteiger partial charge on any atom is -0.354 e. The number of nitriles is 1. The highest BCUT2D eigenvalue weighted by atomic mass is 16.2. The van der Waals surface area contributed by atoms with Gasteiger partial charge in [0, 0.05) is 26.1 Å². The van der Waals surface area contributed by atoms with Gasteiger partial charge in [-0.1, -0.05) is 12.8 Å². The van der Waals surface area contributed by atoms with Crippen LogP contribution in [-0.2, 0) is 9.59 Å². The first kappa shape index (κ1) is 15.5. The molecule has 0 aromatic rings. The Hall–Kier alpha value is -1.57. The number of carbonyl (C=O) groups is 2. The summed E-state index contributed by atoms with van der Waals surface area (Å²) in [6.07, 6.45) is 3.44. The van der Waals surface area contributed by atoms with E-state index in [4.69, 9.17) is 0 Å². The van der Waals surface area contributed by atoms with E-state index in [0.29, 0.717) is 38.9 Å². The SMILES string of the molecule is CCN(CC)C(=O)CCNC(=O)C1(C#N)CCCC1. The molecule has 5 nitrogen and oxygen atoms in total. The number of hydrogen-bond acceptors (Lipinski definition) is 3. The fraction of sp³-hybridized carbons (Fsp3) is 0.786. The lowest BCUT2D eigenvalue weighted by molar-refractivity contribution is -0.131. The maximum Gasteiger partial charge on any atom is 0.240 e. The van der Waals surface area contributed by atoms with E-state index in [-0.39, 0.29) is 11.8 Å². The highest BCUT2D eigenvalue weighted by molar-refractivity contribution is 5.86. The second-order valence-corrected chi connectivity index (χ2v) is 4.97. The average molecular weight is 265 g/mol. The Morgan fingerprint density at radius 3 is 2.32 bits per heavy atom. The molecule has 1 fully saturated rings. The molecule has 0 saturated heterocycles. The van der Waals surface area contributed by atoms with Crippen molar-refractivity contribution in [3.8, 4) is 6.07 Å². The van der Waals surface area contributed by atoms with E-state index in [9.17, 15) is 14.9 Å². The molecule has 0 atom stereocenters. The van der Waals surface area contributed by atoms with Gasteiger partial charge in [-0.25, -0.2) is 0 Å². The second-order valence-electron chi connectivity index (χ2n) is 4.97. The molecule has 1 saturated carbocycles. The topological polar surface area (TPSA) is 73.2 Å². The monoisotopic (exact) mass is 265 g/mol. The third-order valence-electron chi connectivity index (χ3n) is 3.85. The molecular weight excluding hydrogens is 242 g/mol. The van der Waals surface area contributed by atoms with Gasteiger partial charge in [0.05, 0.1) is 6.07 Å². The van der Waals surface area contributed by atoms with Gasteiger partial charge in [-0.3, -0.25) is 9.59 Å². The molecule has 2 amide bonds. The van der Waals surface area contributed by atoms with Gasteiger partial charge >= 0.3 is 0 Å². The molecule has 0 aromatic heterocycles. The van der Waals surface area contributed by atoms with E-state index in [1.54, 1.807) is 4.90 Å². The van der Waals surface area contributed by atoms with Crippen molar-refractivity contribution in [2.24, 2.45) is 5.41 Å². The van der Waals surface area contributed by atoms with Gasteiger partial charge in [0.25, 0.3) is 0 Å². The van der Waals surface area contributed by atoms with E-state index in [0.717, 1.165) is 12.8 Å². The highest BCUT2D eigenvalue weighted by Crippen LogP contribution is 2.37. The third kappa shape index (κ3) is 3.69. The van der Waals surface area contributed by atoms with Crippen LogP contribution in [0.25, 0.3) is 0 Å². The van der Waals surface area contributed by atoms with Gasteiger partial charge in [-0.2, -0.15) is 5.26 Å². The fourth-order valence-corrected chi connectivity index (χ4v) is 2.55. The smallest absolute Gasteiger partial charge is 0.240 e. The maximum atomic E-state index is 12.0. The van der Waals surface area contributed by atoms with Crippen molar-refractivity contribution in [3.63, 3.8) is 0 Å². The molecule has 5 heteroatoms. The lowest BCUT2D eigenvalue weighted by Crippen LogP contribution is -2.40. The molecule has 106 valence electrons. The molecule has 19 heavy (non-hydrogen) atoms. The summed E-state index contributed by atoms with van der Waals surface area (Å²) in [5, 5.41) is 11.9. The van der Waals surface area contributed by atoms with Gasteiger partial charge in [0.1, 0.15) is 5.41 Å². The van der Waals surface area contributed by atoms with E-state index >= 15 is 0 Å². The van der Waals surface area contributed by atoms with Gasteiger partial charge in [-0.15, -0.1) is 0 Å². The Labute approximate surface area is 115 Å². The molecule has 0 aliphatic heterocycles. The van der Waals surface area contributed by atoms with E-state index in [1.807, 2.05) is 13.8 Å². The Bertz CT molecular complexity index is 363. The summed E-state index contributed by atoms with van der Waals surface area (Å²) in [5.74, 6) is -0.164. The van der Waals surface area contributed by atoms with Crippen LogP contribution in [0.15, 0.2) is 0 Å². The molecular formula is C14H23N3O2. The quantitative estimate of drug-likeness (QED) is 0.790. The maximum absolute atomic E-state index is 12.0. The predicted molar refractivity (Wildman–Crippen MR) is 72.1 cm³/mol. The Kier molecular flexibility index (Phi) is 5.81. The van der Waals surface area contributed by atoms with Crippen LogP contribution in [0, 0.1) is 16.7 Å². The van der Waals surface area contributed by atoms with Gasteiger partial charge in [0.2, 0.25) is 11.8 Å². The van der Waals surface area contributed by atoms with E-state index in [2.05, 4.69) is 11.4 Å². The number of hydrogen-bond donors (Lipinski definition) is 1. The lowest BCUT2D eigenvalue weighted by atomic mass is 9.87. The molecule has 0 heterocycles. The summed E-state index contributed by atoms with van der Waals surface area (Å²) < 4.78 is 0. The Morgan fingerprint density at radius 1 is 1.26 bits per heavy atom. The molecule has 1 N–H and O–H groups in total. The molecule has 0 aromatic carbocycles. The van der Waals surface area contributed by atoms with Gasteiger partial charge in [0.15, 0.2) is 0 Å². The minimum absolute atomic E-state index is 0.0442. The van der Waals surface area contributed by atoms with Crippen molar-refractivity contribution in [1.29, 1.82) is 5.26 Å². The first-order valence-electron chi connectivity index (χ1n) is 7.07. The summed E-state index contributed by atoms with van der Waals surface area (Å²) >= 11 is 0. The van der Waals surface area contributed by atoms with Crippen molar-refractivity contribution < 1.29 is 9.59 Å². The number of nitrogens with zero attached hydrogens (tertiary/aromatic N) is 2. The molecule has 0 spiro atoms. The number of carbonyl (C=O) groups excluding carboxylic acids is 2. The molecule has 1 aliphatic carbocycles. The van der Waals surface area contributed by atoms with Crippen LogP contribution < -0.4 is 5.32 Å². The van der Waals surface area contributed by atoms with Gasteiger partial charge < -0.3 is 10.2 Å². The molecule has 1 aliphatic rings. The van der Waals surface area contributed by atoms with Crippen LogP contribution in [-0.4, -0.2) is 36.3 Å². The Morgan fingerprint density at radius 2 is 1.84 bits per heavy atom. The predicted octanol–water partition coefficient (Wildman–Crippen LogP) is 1.45. The largest absolute Gasteiger partial charge is 0.354 e. The number of rotatable bonds is 6. The summed E-state index contributed by atoms with van der Waals surface area (Å²) in [6, 6.07) is 2.15. The summed E-state index contributed by atoms with van der Waals surface area (Å²) in [7, 11) is 0. The van der Waals surface area contributed by atoms with Crippen molar-refractivity contribution in [1.82, 2.24) is 10.2 Å². The van der Waals surface area contributed by atoms with E-state index in [1.165, 1.54) is 0 Å². The zero-order valence-electron chi connectivity index (χ0n) is 11.9. The highest BCUT2D eigenvalue weighted by Gasteiger charge is 2.41. The summed E-state index contributed by atoms with van der Waals surface area (Å²) in [5.41, 5.74) is -0.849. The molecule has 0 radical (unpaired) electrons. The first-order chi connectivity index (χ1) is 9.09. The number of nitrogens with one attached hydrogen (secondary N) is 1. The van der Waals surface area contributed by atoms with Crippen LogP contribution >= 0.6 is 0 Å². The first-order valence-corrected chi connectivity index (χ1v) is 7.07. The zero-order chi connectivity index (χ0) is 14.3. The van der Waals surface area contributed by atoms with Crippen LogP contribution in [0.1, 0.15) is 46.0 Å². The normalized spacial score (nSPS) is 16.7. The van der Waals surface area contributed by atoms with Crippen molar-refractivity contribution in [2.75, 3.05) is 19.6 Å². The van der Waals surface area contributed by atoms with E-state index < -0.39 is 5.41 Å². The van der Waals surface area contributed by atoms with Crippen molar-refractivity contribution in [2.45, 2.75) is 46.0 Å². The number of amides is 2. The van der Waals surface area contributed by atoms with Crippen LogP contribution in [0.2, 0.25) is 0 Å². The van der Waals surface area contributed by atoms with Crippen LogP contribution in [0.5, 0.6) is 0 Å². The molecule has 0 bridgehead atoms. The third-order valence-corrected chi connectivity index (χ3v) is 3.85. The minimum atomic E-state index is -0.849. The van der Waals surface area contributed by atoms with Crippen LogP contribution in [0.4, 0.5) is 0 Å². The Balaban J connectivity index is 2.39. The zero-order valence-corrected chi connectivity index (χ0v) is 11.9. The van der Waals surface area contributed by atoms with Crippen molar-refractivity contribution in [3.05, 3.63) is 0 Å². The molecule has 0 unspecified atom stereocenters. The summed E-state index contributed by atoms with van der Waals surface area (Å²) in [6.45, 7) is 5.56.